The molecule has 0 aliphatic heterocycles. The van der Waals surface area contributed by atoms with E-state index in [2.05, 4.69) is 32.1 Å². The fourth-order valence-electron chi connectivity index (χ4n) is 0.658. The summed E-state index contributed by atoms with van der Waals surface area (Å²) in [6.45, 7) is 4.27. The Morgan fingerprint density at radius 1 is 1.20 bits per heavy atom. The summed E-state index contributed by atoms with van der Waals surface area (Å²) >= 11 is 0. The van der Waals surface area contributed by atoms with E-state index in [4.69, 9.17) is 0 Å². The maximum absolute atomic E-state index is 3.15. The SMILES string of the molecule is C[CH]CCC#CCCCC. The zero-order chi connectivity index (χ0) is 7.66. The van der Waals surface area contributed by atoms with Crippen molar-refractivity contribution >= 4 is 0 Å². The standard InChI is InChI=1S/C10H17/c1-3-5-7-9-10-8-6-4-2/h3H,4-8H2,1-2H3. The predicted molar refractivity (Wildman–Crippen MR) is 46.5 cm³/mol. The maximum atomic E-state index is 3.15. The Labute approximate surface area is 65.0 Å². The first-order chi connectivity index (χ1) is 4.91. The molecule has 0 heterocycles. The minimum Gasteiger partial charge on any atom is -0.103 e. The van der Waals surface area contributed by atoms with Crippen LogP contribution in [0.1, 0.15) is 46.0 Å². The van der Waals surface area contributed by atoms with Gasteiger partial charge < -0.3 is 0 Å². The Hall–Kier alpha value is -0.440. The van der Waals surface area contributed by atoms with Crippen LogP contribution in [0.25, 0.3) is 0 Å². The van der Waals surface area contributed by atoms with E-state index in [1.54, 1.807) is 0 Å². The third-order valence-corrected chi connectivity index (χ3v) is 1.34. The molecule has 0 fully saturated rings. The van der Waals surface area contributed by atoms with E-state index in [1.807, 2.05) is 0 Å². The summed E-state index contributed by atoms with van der Waals surface area (Å²) in [5.41, 5.74) is 0. The van der Waals surface area contributed by atoms with Gasteiger partial charge in [0.1, 0.15) is 0 Å². The van der Waals surface area contributed by atoms with E-state index in [0.29, 0.717) is 0 Å². The first kappa shape index (κ1) is 9.56. The molecule has 0 aromatic heterocycles. The molecule has 0 spiro atoms. The number of unbranched alkanes of at least 4 members (excludes halogenated alkanes) is 4. The van der Waals surface area contributed by atoms with Crippen molar-refractivity contribution in [3.05, 3.63) is 6.42 Å². The van der Waals surface area contributed by atoms with Gasteiger partial charge in [0.15, 0.2) is 0 Å². The van der Waals surface area contributed by atoms with Crippen LogP contribution in [0.15, 0.2) is 0 Å². The van der Waals surface area contributed by atoms with Crippen molar-refractivity contribution in [3.8, 4) is 11.8 Å². The highest BCUT2D eigenvalue weighted by Crippen LogP contribution is 1.93. The summed E-state index contributed by atoms with van der Waals surface area (Å²) in [7, 11) is 0. The third kappa shape index (κ3) is 7.56. The Balaban J connectivity index is 2.98. The lowest BCUT2D eigenvalue weighted by molar-refractivity contribution is 0.827. The largest absolute Gasteiger partial charge is 0.103 e. The molecule has 0 rings (SSSR count). The zero-order valence-corrected chi connectivity index (χ0v) is 7.11. The van der Waals surface area contributed by atoms with Crippen molar-refractivity contribution in [2.24, 2.45) is 0 Å². The smallest absolute Gasteiger partial charge is 0.00913 e. The van der Waals surface area contributed by atoms with Crippen molar-refractivity contribution in [2.75, 3.05) is 0 Å². The fraction of sp³-hybridized carbons (Fsp3) is 0.700. The molecule has 1 radical (unpaired) electrons. The Bertz CT molecular complexity index is 90.9. The van der Waals surface area contributed by atoms with Crippen molar-refractivity contribution in [3.63, 3.8) is 0 Å². The molecule has 0 heteroatoms. The van der Waals surface area contributed by atoms with Crippen LogP contribution in [0.5, 0.6) is 0 Å². The Kier molecular flexibility index (Phi) is 8.18. The predicted octanol–water partition coefficient (Wildman–Crippen LogP) is 3.18. The number of hydrogen-bond donors (Lipinski definition) is 0. The highest BCUT2D eigenvalue weighted by molar-refractivity contribution is 4.98. The van der Waals surface area contributed by atoms with E-state index in [1.165, 1.54) is 12.8 Å². The topological polar surface area (TPSA) is 0 Å². The molecule has 0 amide bonds. The summed E-state index contributed by atoms with van der Waals surface area (Å²) in [5.74, 6) is 6.29. The number of hydrogen-bond acceptors (Lipinski definition) is 0. The second-order valence-corrected chi connectivity index (χ2v) is 2.40. The second-order valence-electron chi connectivity index (χ2n) is 2.40. The van der Waals surface area contributed by atoms with Gasteiger partial charge in [-0.3, -0.25) is 0 Å². The highest BCUT2D eigenvalue weighted by atomic mass is 13.8. The van der Waals surface area contributed by atoms with Gasteiger partial charge in [-0.1, -0.05) is 20.3 Å². The summed E-state index contributed by atoms with van der Waals surface area (Å²) in [5, 5.41) is 0. The monoisotopic (exact) mass is 137 g/mol. The summed E-state index contributed by atoms with van der Waals surface area (Å²) in [4.78, 5) is 0. The zero-order valence-electron chi connectivity index (χ0n) is 7.11. The average Bonchev–Trinajstić information content (AvgIpc) is 1.97. The lowest BCUT2D eigenvalue weighted by atomic mass is 10.2. The fourth-order valence-corrected chi connectivity index (χ4v) is 0.658. The minimum absolute atomic E-state index is 1.04. The van der Waals surface area contributed by atoms with E-state index in [0.717, 1.165) is 19.3 Å². The molecular weight excluding hydrogens is 120 g/mol. The van der Waals surface area contributed by atoms with Gasteiger partial charge >= 0.3 is 0 Å². The van der Waals surface area contributed by atoms with Crippen LogP contribution >= 0.6 is 0 Å². The molecule has 0 aromatic rings. The lowest BCUT2D eigenvalue weighted by Gasteiger charge is -1.85. The van der Waals surface area contributed by atoms with Crippen LogP contribution in [-0.2, 0) is 0 Å². The maximum Gasteiger partial charge on any atom is 0.00913 e. The first-order valence-corrected chi connectivity index (χ1v) is 4.15. The average molecular weight is 137 g/mol. The quantitative estimate of drug-likeness (QED) is 0.412. The Morgan fingerprint density at radius 2 is 1.90 bits per heavy atom. The highest BCUT2D eigenvalue weighted by Gasteiger charge is 1.77. The van der Waals surface area contributed by atoms with Gasteiger partial charge in [-0.2, -0.15) is 0 Å². The number of rotatable bonds is 4. The molecule has 0 saturated heterocycles. The van der Waals surface area contributed by atoms with Gasteiger partial charge in [0, 0.05) is 12.8 Å². The molecular formula is C10H17. The minimum atomic E-state index is 1.04. The molecule has 0 atom stereocenters. The van der Waals surface area contributed by atoms with Gasteiger partial charge in [-0.15, -0.1) is 11.8 Å². The van der Waals surface area contributed by atoms with Gasteiger partial charge in [0.2, 0.25) is 0 Å². The van der Waals surface area contributed by atoms with Gasteiger partial charge in [-0.05, 0) is 19.3 Å². The summed E-state index contributed by atoms with van der Waals surface area (Å²) < 4.78 is 0. The first-order valence-electron chi connectivity index (χ1n) is 4.15. The van der Waals surface area contributed by atoms with E-state index < -0.39 is 0 Å². The molecule has 0 N–H and O–H groups in total. The second kappa shape index (κ2) is 8.56. The van der Waals surface area contributed by atoms with Crippen LogP contribution in [0.4, 0.5) is 0 Å². The lowest BCUT2D eigenvalue weighted by Crippen LogP contribution is -1.70. The molecule has 0 bridgehead atoms. The molecule has 0 saturated carbocycles. The van der Waals surface area contributed by atoms with Gasteiger partial charge in [0.25, 0.3) is 0 Å². The molecule has 57 valence electrons. The molecule has 10 heavy (non-hydrogen) atoms. The van der Waals surface area contributed by atoms with Gasteiger partial charge in [-0.25, -0.2) is 0 Å². The van der Waals surface area contributed by atoms with Crippen LogP contribution in [0, 0.1) is 18.3 Å². The van der Waals surface area contributed by atoms with Crippen molar-refractivity contribution in [1.82, 2.24) is 0 Å². The van der Waals surface area contributed by atoms with Crippen LogP contribution in [0.3, 0.4) is 0 Å². The normalized spacial score (nSPS) is 8.60. The third-order valence-electron chi connectivity index (χ3n) is 1.34. The summed E-state index contributed by atoms with van der Waals surface area (Å²) in [6, 6.07) is 0. The molecule has 0 aliphatic rings. The van der Waals surface area contributed by atoms with Crippen molar-refractivity contribution < 1.29 is 0 Å². The van der Waals surface area contributed by atoms with E-state index in [9.17, 15) is 0 Å². The van der Waals surface area contributed by atoms with Crippen LogP contribution < -0.4 is 0 Å². The van der Waals surface area contributed by atoms with Crippen LogP contribution in [-0.4, -0.2) is 0 Å². The summed E-state index contributed by atoms with van der Waals surface area (Å²) in [6.07, 6.45) is 7.94. The van der Waals surface area contributed by atoms with Gasteiger partial charge in [0.05, 0.1) is 0 Å². The molecule has 0 unspecified atom stereocenters. The van der Waals surface area contributed by atoms with E-state index in [-0.39, 0.29) is 0 Å². The molecule has 0 aliphatic carbocycles. The van der Waals surface area contributed by atoms with Crippen molar-refractivity contribution in [2.45, 2.75) is 46.0 Å². The van der Waals surface area contributed by atoms with E-state index >= 15 is 0 Å². The molecule has 0 nitrogen and oxygen atoms in total. The van der Waals surface area contributed by atoms with Crippen molar-refractivity contribution in [1.29, 1.82) is 0 Å². The molecule has 0 aromatic carbocycles. The Morgan fingerprint density at radius 3 is 2.50 bits per heavy atom. The van der Waals surface area contributed by atoms with Crippen LogP contribution in [0.2, 0.25) is 0 Å².